The quantitative estimate of drug-likeness (QED) is 0.834. The summed E-state index contributed by atoms with van der Waals surface area (Å²) in [5.41, 5.74) is 0. The Balaban J connectivity index is 1.84. The summed E-state index contributed by atoms with van der Waals surface area (Å²) in [5, 5.41) is 3.38. The van der Waals surface area contributed by atoms with E-state index in [0.29, 0.717) is 5.92 Å². The topological polar surface area (TPSA) is 35.6 Å². The van der Waals surface area contributed by atoms with Crippen molar-refractivity contribution in [3.63, 3.8) is 0 Å². The van der Waals surface area contributed by atoms with E-state index < -0.39 is 0 Å². The largest absolute Gasteiger partial charge is 0.325 e. The number of hydrogen-bond donors (Lipinski definition) is 1. The molecule has 0 aromatic carbocycles. The van der Waals surface area contributed by atoms with Crippen LogP contribution in [0.5, 0.6) is 0 Å². The molecule has 2 heterocycles. The minimum Gasteiger partial charge on any atom is -0.325 e. The molecule has 4 heteroatoms. The Morgan fingerprint density at radius 1 is 1.22 bits per heavy atom. The second-order valence-corrected chi connectivity index (χ2v) is 5.56. The second-order valence-electron chi connectivity index (χ2n) is 5.56. The lowest BCUT2D eigenvalue weighted by molar-refractivity contribution is 0.134. The van der Waals surface area contributed by atoms with E-state index in [-0.39, 0.29) is 6.03 Å². The molecule has 18 heavy (non-hydrogen) atoms. The van der Waals surface area contributed by atoms with Crippen LogP contribution in [0.15, 0.2) is 0 Å². The average Bonchev–Trinajstić information content (AvgIpc) is 2.46. The van der Waals surface area contributed by atoms with Gasteiger partial charge in [0.05, 0.1) is 0 Å². The molecule has 104 valence electrons. The van der Waals surface area contributed by atoms with Crippen LogP contribution in [0.3, 0.4) is 0 Å². The molecule has 0 bridgehead atoms. The van der Waals surface area contributed by atoms with Crippen LogP contribution in [0.1, 0.15) is 39.0 Å². The number of piperidine rings is 2. The van der Waals surface area contributed by atoms with E-state index >= 15 is 0 Å². The van der Waals surface area contributed by atoms with Crippen molar-refractivity contribution in [1.29, 1.82) is 0 Å². The van der Waals surface area contributed by atoms with Gasteiger partial charge in [-0.15, -0.1) is 0 Å². The molecule has 0 spiro atoms. The van der Waals surface area contributed by atoms with Crippen molar-refractivity contribution in [1.82, 2.24) is 15.1 Å². The van der Waals surface area contributed by atoms with Crippen LogP contribution < -0.4 is 5.32 Å². The van der Waals surface area contributed by atoms with Gasteiger partial charge < -0.3 is 15.1 Å². The molecule has 2 amide bonds. The smallest absolute Gasteiger partial charge is 0.319 e. The normalized spacial score (nSPS) is 21.9. The van der Waals surface area contributed by atoms with Gasteiger partial charge in [-0.05, 0) is 58.0 Å². The summed E-state index contributed by atoms with van der Waals surface area (Å²) in [4.78, 5) is 16.5. The molecule has 0 aromatic rings. The monoisotopic (exact) mass is 253 g/mol. The van der Waals surface area contributed by atoms with E-state index in [0.717, 1.165) is 39.3 Å². The molecule has 2 saturated heterocycles. The molecule has 2 aliphatic heterocycles. The van der Waals surface area contributed by atoms with Gasteiger partial charge in [0.1, 0.15) is 0 Å². The van der Waals surface area contributed by atoms with Crippen LogP contribution in [-0.4, -0.2) is 55.1 Å². The lowest BCUT2D eigenvalue weighted by Crippen LogP contribution is -2.47. The number of urea groups is 1. The maximum atomic E-state index is 12.4. The number of nitrogens with one attached hydrogen (secondary N) is 1. The zero-order valence-electron chi connectivity index (χ0n) is 11.7. The van der Waals surface area contributed by atoms with Crippen LogP contribution in [-0.2, 0) is 0 Å². The number of hydrogen-bond acceptors (Lipinski definition) is 2. The lowest BCUT2D eigenvalue weighted by Gasteiger charge is -2.35. The first-order valence-electron chi connectivity index (χ1n) is 7.56. The Kier molecular flexibility index (Phi) is 5.29. The first-order chi connectivity index (χ1) is 8.81. The maximum absolute atomic E-state index is 12.4. The minimum absolute atomic E-state index is 0.274. The third-order valence-corrected chi connectivity index (χ3v) is 4.22. The molecule has 0 radical (unpaired) electrons. The maximum Gasteiger partial charge on any atom is 0.319 e. The molecule has 2 fully saturated rings. The molecular weight excluding hydrogens is 226 g/mol. The van der Waals surface area contributed by atoms with Crippen LogP contribution >= 0.6 is 0 Å². The van der Waals surface area contributed by atoms with E-state index in [1.165, 1.54) is 32.1 Å². The van der Waals surface area contributed by atoms with Gasteiger partial charge in [0, 0.05) is 26.2 Å². The number of carbonyl (C=O) groups excluding carboxylic acids is 1. The predicted octanol–water partition coefficient (Wildman–Crippen LogP) is 1.91. The lowest BCUT2D eigenvalue weighted by atomic mass is 9.97. The van der Waals surface area contributed by atoms with Crippen molar-refractivity contribution >= 4 is 6.03 Å². The fourth-order valence-electron chi connectivity index (χ4n) is 3.00. The first-order valence-corrected chi connectivity index (χ1v) is 7.56. The van der Waals surface area contributed by atoms with Crippen molar-refractivity contribution in [2.75, 3.05) is 39.3 Å². The summed E-state index contributed by atoms with van der Waals surface area (Å²) in [7, 11) is 0. The van der Waals surface area contributed by atoms with Crippen LogP contribution in [0.2, 0.25) is 0 Å². The van der Waals surface area contributed by atoms with Crippen LogP contribution in [0, 0.1) is 5.92 Å². The summed E-state index contributed by atoms with van der Waals surface area (Å²) in [5.74, 6) is 0.694. The van der Waals surface area contributed by atoms with Crippen molar-refractivity contribution in [2.24, 2.45) is 5.92 Å². The van der Waals surface area contributed by atoms with Crippen molar-refractivity contribution < 1.29 is 4.79 Å². The van der Waals surface area contributed by atoms with E-state index in [1.807, 2.05) is 4.90 Å². The zero-order valence-corrected chi connectivity index (χ0v) is 11.7. The van der Waals surface area contributed by atoms with Gasteiger partial charge in [-0.2, -0.15) is 0 Å². The third kappa shape index (κ3) is 3.61. The van der Waals surface area contributed by atoms with Gasteiger partial charge in [-0.1, -0.05) is 0 Å². The Labute approximate surface area is 111 Å². The average molecular weight is 253 g/mol. The Morgan fingerprint density at radius 3 is 2.50 bits per heavy atom. The second kappa shape index (κ2) is 6.98. The Morgan fingerprint density at radius 2 is 1.89 bits per heavy atom. The van der Waals surface area contributed by atoms with Crippen LogP contribution in [0.25, 0.3) is 0 Å². The van der Waals surface area contributed by atoms with Gasteiger partial charge in [0.15, 0.2) is 0 Å². The van der Waals surface area contributed by atoms with E-state index in [4.69, 9.17) is 0 Å². The Bertz CT molecular complexity index is 258. The van der Waals surface area contributed by atoms with E-state index in [1.54, 1.807) is 0 Å². The molecule has 1 N–H and O–H groups in total. The molecule has 0 aliphatic carbocycles. The summed E-state index contributed by atoms with van der Waals surface area (Å²) < 4.78 is 0. The van der Waals surface area contributed by atoms with Gasteiger partial charge >= 0.3 is 6.03 Å². The highest BCUT2D eigenvalue weighted by Gasteiger charge is 2.24. The van der Waals surface area contributed by atoms with Crippen molar-refractivity contribution in [3.8, 4) is 0 Å². The highest BCUT2D eigenvalue weighted by atomic mass is 16.2. The standard InChI is InChI=1S/C14H27N3O/c1-2-16(12-13-6-8-15-9-7-13)14(18)17-10-4-3-5-11-17/h13,15H,2-12H2,1H3. The fraction of sp³-hybridized carbons (Fsp3) is 0.929. The summed E-state index contributed by atoms with van der Waals surface area (Å²) in [6.45, 7) is 8.04. The molecule has 0 atom stereocenters. The highest BCUT2D eigenvalue weighted by molar-refractivity contribution is 5.74. The number of nitrogens with zero attached hydrogens (tertiary/aromatic N) is 2. The molecule has 4 nitrogen and oxygen atoms in total. The Hall–Kier alpha value is -0.770. The number of amides is 2. The summed E-state index contributed by atoms with van der Waals surface area (Å²) in [6, 6.07) is 0.274. The number of carbonyl (C=O) groups is 1. The first kappa shape index (κ1) is 13.7. The molecular formula is C14H27N3O. The van der Waals surface area contributed by atoms with Gasteiger partial charge in [-0.3, -0.25) is 0 Å². The third-order valence-electron chi connectivity index (χ3n) is 4.22. The van der Waals surface area contributed by atoms with Gasteiger partial charge in [0.2, 0.25) is 0 Å². The van der Waals surface area contributed by atoms with Gasteiger partial charge in [-0.25, -0.2) is 4.79 Å². The molecule has 0 unspecified atom stereocenters. The SMILES string of the molecule is CCN(CC1CCNCC1)C(=O)N1CCCCC1. The molecule has 0 saturated carbocycles. The fourth-order valence-corrected chi connectivity index (χ4v) is 3.00. The molecule has 0 aromatic heterocycles. The van der Waals surface area contributed by atoms with Crippen molar-refractivity contribution in [2.45, 2.75) is 39.0 Å². The van der Waals surface area contributed by atoms with Crippen LogP contribution in [0.4, 0.5) is 4.79 Å². The summed E-state index contributed by atoms with van der Waals surface area (Å²) in [6.07, 6.45) is 6.06. The van der Waals surface area contributed by atoms with Crippen molar-refractivity contribution in [3.05, 3.63) is 0 Å². The highest BCUT2D eigenvalue weighted by Crippen LogP contribution is 2.16. The number of likely N-dealkylation sites (tertiary alicyclic amines) is 1. The predicted molar refractivity (Wildman–Crippen MR) is 73.7 cm³/mol. The van der Waals surface area contributed by atoms with Gasteiger partial charge in [0.25, 0.3) is 0 Å². The molecule has 2 rings (SSSR count). The minimum atomic E-state index is 0.274. The zero-order chi connectivity index (χ0) is 12.8. The van der Waals surface area contributed by atoms with E-state index in [2.05, 4.69) is 17.1 Å². The molecule has 2 aliphatic rings. The number of rotatable bonds is 3. The van der Waals surface area contributed by atoms with E-state index in [9.17, 15) is 4.79 Å². The summed E-state index contributed by atoms with van der Waals surface area (Å²) >= 11 is 0.